The molecular weight excluding hydrogens is 580 g/mol. The molecule has 0 amide bonds. The summed E-state index contributed by atoms with van der Waals surface area (Å²) in [4.78, 5) is 45.7. The van der Waals surface area contributed by atoms with Crippen LogP contribution >= 0.6 is 7.82 Å². The van der Waals surface area contributed by atoms with Gasteiger partial charge in [0.15, 0.2) is 5.25 Å². The molecule has 0 aliphatic carbocycles. The van der Waals surface area contributed by atoms with Crippen molar-refractivity contribution in [3.63, 3.8) is 0 Å². The average molecular weight is 630 g/mol. The van der Waals surface area contributed by atoms with Crippen molar-refractivity contribution in [1.29, 1.82) is 0 Å². The van der Waals surface area contributed by atoms with E-state index >= 15 is 0 Å². The van der Waals surface area contributed by atoms with Crippen molar-refractivity contribution in [1.82, 2.24) is 5.32 Å². The number of carbonyl (C=O) groups excluding carboxylic acids is 2. The van der Waals surface area contributed by atoms with E-state index in [2.05, 4.69) is 19.2 Å². The molecule has 1 aliphatic heterocycles. The number of morpholine rings is 1. The van der Waals surface area contributed by atoms with E-state index in [1.165, 1.54) is 0 Å². The third-order valence-electron chi connectivity index (χ3n) is 5.84. The first-order chi connectivity index (χ1) is 18.2. The Kier molecular flexibility index (Phi) is 29.4. The van der Waals surface area contributed by atoms with E-state index in [1.54, 1.807) is 0 Å². The molecule has 0 aromatic carbocycles. The predicted octanol–water partition coefficient (Wildman–Crippen LogP) is -0.509. The van der Waals surface area contributed by atoms with Crippen LogP contribution in [0.15, 0.2) is 0 Å². The molecule has 0 radical (unpaired) electrons. The summed E-state index contributed by atoms with van der Waals surface area (Å²) in [5.74, 6) is -1.74. The maximum Gasteiger partial charge on any atom is 1.00 e. The molecule has 234 valence electrons. The number of hydrogen-bond acceptors (Lipinski definition) is 10. The number of unbranched alkanes of at least 4 members (excludes halogenated alkanes) is 2. The van der Waals surface area contributed by atoms with Gasteiger partial charge in [-0.05, 0) is 24.7 Å². The summed E-state index contributed by atoms with van der Waals surface area (Å²) in [7, 11) is -9.65. The first kappa shape index (κ1) is 44.3. The van der Waals surface area contributed by atoms with Crippen LogP contribution in [0.4, 0.5) is 0 Å². The molecule has 1 heterocycles. The Balaban J connectivity index is -0.000000940. The topological polar surface area (TPSA) is 209 Å². The number of rotatable bonds is 16. The van der Waals surface area contributed by atoms with Crippen LogP contribution in [-0.2, 0) is 38.5 Å². The maximum atomic E-state index is 12.1. The van der Waals surface area contributed by atoms with Gasteiger partial charge in [0.25, 0.3) is 0 Å². The fraction of sp³-hybridized carbons (Fsp3) is 0.917. The molecule has 0 aromatic heterocycles. The Bertz CT molecular complexity index is 773. The predicted molar refractivity (Wildman–Crippen MR) is 145 cm³/mol. The molecule has 1 fully saturated rings. The fourth-order valence-corrected chi connectivity index (χ4v) is 3.97. The SMILES string of the molecule is C1COCCN1.CCCCC(CC)COC(=O)CC(C(=O)OCC(CC)CCCC)S(=O)(=O)[O-].O=P(O)(O)O.[Na+]. The molecule has 1 saturated heterocycles. The molecule has 0 aromatic rings. The summed E-state index contributed by atoms with van der Waals surface area (Å²) >= 11 is 0. The van der Waals surface area contributed by atoms with E-state index in [4.69, 9.17) is 33.5 Å². The Morgan fingerprint density at radius 3 is 1.65 bits per heavy atom. The van der Waals surface area contributed by atoms with Gasteiger partial charge in [0.05, 0.1) is 32.8 Å². The van der Waals surface area contributed by atoms with Crippen LogP contribution in [-0.4, -0.2) is 84.4 Å². The van der Waals surface area contributed by atoms with Crippen LogP contribution in [0.5, 0.6) is 0 Å². The van der Waals surface area contributed by atoms with Gasteiger partial charge in [0.1, 0.15) is 10.1 Å². The molecule has 40 heavy (non-hydrogen) atoms. The summed E-state index contributed by atoms with van der Waals surface area (Å²) in [6, 6.07) is 0. The molecule has 1 aliphatic rings. The Morgan fingerprint density at radius 2 is 1.35 bits per heavy atom. The zero-order chi connectivity index (χ0) is 30.3. The van der Waals surface area contributed by atoms with Crippen LogP contribution in [0.2, 0.25) is 0 Å². The van der Waals surface area contributed by atoms with Crippen LogP contribution in [0, 0.1) is 11.8 Å². The molecule has 0 bridgehead atoms. The maximum absolute atomic E-state index is 12.1. The van der Waals surface area contributed by atoms with Crippen molar-refractivity contribution in [3.05, 3.63) is 0 Å². The average Bonchev–Trinajstić information content (AvgIpc) is 2.87. The number of esters is 2. The molecule has 3 unspecified atom stereocenters. The van der Waals surface area contributed by atoms with Crippen LogP contribution in [0.3, 0.4) is 0 Å². The number of hydrogen-bond donors (Lipinski definition) is 4. The molecule has 3 atom stereocenters. The summed E-state index contributed by atoms with van der Waals surface area (Å²) in [5, 5.41) is 1.10. The van der Waals surface area contributed by atoms with E-state index in [0.717, 1.165) is 77.7 Å². The largest absolute Gasteiger partial charge is 1.00 e. The first-order valence-corrected chi connectivity index (χ1v) is 16.6. The second-order valence-corrected chi connectivity index (χ2v) is 11.8. The fourth-order valence-electron chi connectivity index (χ4n) is 3.33. The quantitative estimate of drug-likeness (QED) is 0.0735. The minimum atomic E-state index is -5.01. The molecule has 1 rings (SSSR count). The second-order valence-electron chi connectivity index (χ2n) is 9.21. The number of phosphoric acid groups is 1. The van der Waals surface area contributed by atoms with Crippen molar-refractivity contribution in [2.24, 2.45) is 11.8 Å². The summed E-state index contributed by atoms with van der Waals surface area (Å²) in [5.41, 5.74) is 0. The van der Waals surface area contributed by atoms with Crippen LogP contribution in [0.1, 0.15) is 85.5 Å². The second kappa shape index (κ2) is 26.5. The van der Waals surface area contributed by atoms with E-state index < -0.39 is 41.6 Å². The normalized spacial score (nSPS) is 15.5. The van der Waals surface area contributed by atoms with Gasteiger partial charge >= 0.3 is 49.3 Å². The van der Waals surface area contributed by atoms with Crippen LogP contribution in [0.25, 0.3) is 0 Å². The van der Waals surface area contributed by atoms with E-state index in [9.17, 15) is 22.6 Å². The van der Waals surface area contributed by atoms with Gasteiger partial charge in [0.2, 0.25) is 0 Å². The minimum Gasteiger partial charge on any atom is -0.747 e. The van der Waals surface area contributed by atoms with Crippen molar-refractivity contribution in [3.8, 4) is 0 Å². The molecule has 16 heteroatoms. The third kappa shape index (κ3) is 29.4. The Morgan fingerprint density at radius 1 is 0.925 bits per heavy atom. The molecular formula is C24H49NNaO12PS. The van der Waals surface area contributed by atoms with Gasteiger partial charge in [-0.1, -0.05) is 66.2 Å². The minimum absolute atomic E-state index is 0. The first-order valence-electron chi connectivity index (χ1n) is 13.5. The van der Waals surface area contributed by atoms with Gasteiger partial charge in [-0.15, -0.1) is 0 Å². The van der Waals surface area contributed by atoms with E-state index in [1.807, 2.05) is 13.8 Å². The van der Waals surface area contributed by atoms with E-state index in [0.29, 0.717) is 0 Å². The Labute approximate surface area is 261 Å². The van der Waals surface area contributed by atoms with Gasteiger partial charge in [-0.3, -0.25) is 9.59 Å². The van der Waals surface area contributed by atoms with Gasteiger partial charge in [-0.25, -0.2) is 13.0 Å². The standard InChI is InChI=1S/C20H38O7S.C4H9NO.Na.H3O4P/c1-5-9-11-16(7-3)14-26-19(21)13-18(28(23,24)25)20(22)27-15-17(8-4)12-10-6-2;1-3-6-4-2-5-1;;1-5(2,3)4/h16-18H,5-15H2,1-4H3,(H,23,24,25);5H,1-4H2;;(H3,1,2,3,4)/q;;+1;/p-1. The van der Waals surface area contributed by atoms with Gasteiger partial charge in [-0.2, -0.15) is 0 Å². The molecule has 4 N–H and O–H groups in total. The third-order valence-corrected chi connectivity index (χ3v) is 6.89. The molecule has 13 nitrogen and oxygen atoms in total. The summed E-state index contributed by atoms with van der Waals surface area (Å²) < 4.78 is 58.5. The van der Waals surface area contributed by atoms with Gasteiger partial charge < -0.3 is 38.8 Å². The van der Waals surface area contributed by atoms with Crippen molar-refractivity contribution in [2.75, 3.05) is 39.5 Å². The zero-order valence-corrected chi connectivity index (χ0v) is 28.4. The number of nitrogens with one attached hydrogen (secondary N) is 1. The molecule has 0 saturated carbocycles. The smallest absolute Gasteiger partial charge is 0.747 e. The zero-order valence-electron chi connectivity index (χ0n) is 24.7. The number of ether oxygens (including phenoxy) is 3. The Hall–Kier alpha value is -0.120. The number of carbonyl (C=O) groups is 2. The van der Waals surface area contributed by atoms with Crippen molar-refractivity contribution >= 4 is 29.9 Å². The van der Waals surface area contributed by atoms with Gasteiger partial charge in [0, 0.05) is 13.1 Å². The summed E-state index contributed by atoms with van der Waals surface area (Å²) in [6.45, 7) is 12.1. The molecule has 0 spiro atoms. The van der Waals surface area contributed by atoms with Crippen LogP contribution < -0.4 is 34.9 Å². The van der Waals surface area contributed by atoms with Crippen molar-refractivity contribution < 1.29 is 85.6 Å². The summed E-state index contributed by atoms with van der Waals surface area (Å²) in [6.07, 6.45) is 6.58. The van der Waals surface area contributed by atoms with Crippen molar-refractivity contribution in [2.45, 2.75) is 90.7 Å². The van der Waals surface area contributed by atoms with E-state index in [-0.39, 0.29) is 54.6 Å². The monoisotopic (exact) mass is 629 g/mol.